The van der Waals surface area contributed by atoms with Crippen LogP contribution in [0.2, 0.25) is 0 Å². The summed E-state index contributed by atoms with van der Waals surface area (Å²) in [6, 6.07) is 11.9. The van der Waals surface area contributed by atoms with Crippen molar-refractivity contribution in [3.63, 3.8) is 0 Å². The van der Waals surface area contributed by atoms with E-state index in [2.05, 4.69) is 25.7 Å². The van der Waals surface area contributed by atoms with Gasteiger partial charge in [-0.25, -0.2) is 18.5 Å². The highest BCUT2D eigenvalue weighted by Crippen LogP contribution is 2.27. The Morgan fingerprint density at radius 2 is 2.03 bits per heavy atom. The summed E-state index contributed by atoms with van der Waals surface area (Å²) < 4.78 is 28.1. The molecule has 29 heavy (non-hydrogen) atoms. The number of hydrogen-bond acceptors (Lipinski definition) is 8. The number of nitrogens with one attached hydrogen (secondary N) is 2. The van der Waals surface area contributed by atoms with Crippen molar-refractivity contribution >= 4 is 33.2 Å². The third-order valence-corrected chi connectivity index (χ3v) is 5.85. The Morgan fingerprint density at radius 1 is 1.28 bits per heavy atom. The largest absolute Gasteiger partial charge is 0.496 e. The fourth-order valence-electron chi connectivity index (χ4n) is 2.46. The quantitative estimate of drug-likeness (QED) is 0.283. The smallest absolute Gasteiger partial charge is 0.238 e. The van der Waals surface area contributed by atoms with Crippen molar-refractivity contribution < 1.29 is 13.2 Å². The topological polar surface area (TPSA) is 135 Å². The molecule has 0 amide bonds. The molecule has 0 spiro atoms. The summed E-state index contributed by atoms with van der Waals surface area (Å²) in [5.74, 6) is 1.43. The van der Waals surface area contributed by atoms with E-state index in [-0.39, 0.29) is 4.90 Å². The van der Waals surface area contributed by atoms with Crippen LogP contribution in [0.5, 0.6) is 5.75 Å². The molecule has 0 saturated carbocycles. The number of aromatic amines is 1. The molecule has 3 rings (SSSR count). The Hall–Kier alpha value is -2.89. The van der Waals surface area contributed by atoms with Gasteiger partial charge in [-0.3, -0.25) is 10.5 Å². The first-order valence-electron chi connectivity index (χ1n) is 8.45. The molecule has 0 unspecified atom stereocenters. The summed E-state index contributed by atoms with van der Waals surface area (Å²) in [6.45, 7) is 1.88. The number of benzene rings is 2. The molecule has 1 aromatic heterocycles. The summed E-state index contributed by atoms with van der Waals surface area (Å²) in [5, 5.41) is 16.9. The van der Waals surface area contributed by atoms with Crippen LogP contribution in [0.4, 0.5) is 5.69 Å². The minimum absolute atomic E-state index is 0.0489. The van der Waals surface area contributed by atoms with Crippen molar-refractivity contribution in [2.24, 2.45) is 10.2 Å². The van der Waals surface area contributed by atoms with Crippen LogP contribution in [0.15, 0.2) is 63.9 Å². The summed E-state index contributed by atoms with van der Waals surface area (Å²) in [4.78, 5) is 4.15. The maximum atomic E-state index is 11.3. The maximum absolute atomic E-state index is 11.3. The second kappa shape index (κ2) is 9.07. The Kier molecular flexibility index (Phi) is 6.52. The van der Waals surface area contributed by atoms with Crippen molar-refractivity contribution in [1.82, 2.24) is 15.2 Å². The van der Waals surface area contributed by atoms with Gasteiger partial charge in [0.05, 0.1) is 23.4 Å². The summed E-state index contributed by atoms with van der Waals surface area (Å²) in [7, 11) is -2.08. The number of hydrogen-bond donors (Lipinski definition) is 3. The Bertz CT molecular complexity index is 1100. The van der Waals surface area contributed by atoms with Crippen molar-refractivity contribution in [2.45, 2.75) is 22.7 Å². The highest BCUT2D eigenvalue weighted by molar-refractivity contribution is 7.98. The van der Waals surface area contributed by atoms with E-state index in [9.17, 15) is 8.42 Å². The summed E-state index contributed by atoms with van der Waals surface area (Å²) >= 11 is 1.52. The van der Waals surface area contributed by atoms with Crippen LogP contribution in [0.1, 0.15) is 18.1 Å². The maximum Gasteiger partial charge on any atom is 0.238 e. The number of rotatable bonds is 8. The summed E-state index contributed by atoms with van der Waals surface area (Å²) in [6.07, 6.45) is 1.47. The van der Waals surface area contributed by atoms with Gasteiger partial charge in [-0.05, 0) is 55.0 Å². The van der Waals surface area contributed by atoms with Crippen LogP contribution in [-0.2, 0) is 15.8 Å². The number of thioether (sulfide) groups is 1. The standard InChI is InChI=1S/C18H20N6O3S2/c1-12(22-23-15-4-6-16(7-5-15)29(19,25)26)13-3-8-17(27-2)14(9-13)10-28-18-20-11-21-24-18/h3-9,11,23H,10H2,1-2H3,(H2,19,25,26)(H,20,21,24)/b22-12-. The van der Waals surface area contributed by atoms with Gasteiger partial charge in [0.25, 0.3) is 0 Å². The zero-order chi connectivity index (χ0) is 20.9. The van der Waals surface area contributed by atoms with E-state index < -0.39 is 10.0 Å². The number of ether oxygens (including phenoxy) is 1. The fourth-order valence-corrected chi connectivity index (χ4v) is 3.73. The lowest BCUT2D eigenvalue weighted by Crippen LogP contribution is -2.11. The molecule has 1 heterocycles. The van der Waals surface area contributed by atoms with E-state index in [1.807, 2.05) is 25.1 Å². The van der Waals surface area contributed by atoms with Crippen LogP contribution >= 0.6 is 11.8 Å². The van der Waals surface area contributed by atoms with Crippen molar-refractivity contribution in [1.29, 1.82) is 0 Å². The van der Waals surface area contributed by atoms with Gasteiger partial charge < -0.3 is 4.74 Å². The van der Waals surface area contributed by atoms with Crippen molar-refractivity contribution in [3.05, 3.63) is 59.9 Å². The lowest BCUT2D eigenvalue weighted by molar-refractivity contribution is 0.411. The van der Waals surface area contributed by atoms with Gasteiger partial charge in [0.2, 0.25) is 10.0 Å². The molecule has 0 aliphatic rings. The molecule has 2 aromatic carbocycles. The number of nitrogens with two attached hydrogens (primary N) is 1. The van der Waals surface area contributed by atoms with Crippen molar-refractivity contribution in [3.8, 4) is 5.75 Å². The Balaban J connectivity index is 1.73. The van der Waals surface area contributed by atoms with E-state index in [1.54, 1.807) is 19.2 Å². The SMILES string of the molecule is COc1ccc(/C(C)=N\Nc2ccc(S(N)(=O)=O)cc2)cc1CSc1ncn[nH]1. The highest BCUT2D eigenvalue weighted by atomic mass is 32.2. The average Bonchev–Trinajstić information content (AvgIpc) is 3.23. The molecule has 0 aliphatic heterocycles. The van der Waals surface area contributed by atoms with Gasteiger partial charge in [-0.1, -0.05) is 11.8 Å². The van der Waals surface area contributed by atoms with Crippen LogP contribution < -0.4 is 15.3 Å². The first-order valence-corrected chi connectivity index (χ1v) is 11.0. The molecular formula is C18H20N6O3S2. The minimum atomic E-state index is -3.72. The number of primary sulfonamides is 1. The lowest BCUT2D eigenvalue weighted by atomic mass is 10.1. The van der Waals surface area contributed by atoms with Crippen molar-refractivity contribution in [2.75, 3.05) is 12.5 Å². The van der Waals surface area contributed by atoms with Crippen LogP contribution in [-0.4, -0.2) is 36.4 Å². The number of anilines is 1. The second-order valence-electron chi connectivity index (χ2n) is 5.98. The molecular weight excluding hydrogens is 412 g/mol. The van der Waals surface area contributed by atoms with E-state index in [1.165, 1.54) is 30.2 Å². The van der Waals surface area contributed by atoms with Gasteiger partial charge in [-0.2, -0.15) is 10.2 Å². The van der Waals surface area contributed by atoms with E-state index in [4.69, 9.17) is 9.88 Å². The number of sulfonamides is 1. The first kappa shape index (κ1) is 20.8. The van der Waals surface area contributed by atoms with Crippen LogP contribution in [0.3, 0.4) is 0 Å². The molecule has 9 nitrogen and oxygen atoms in total. The molecule has 152 valence electrons. The molecule has 0 saturated heterocycles. The van der Waals surface area contributed by atoms with Gasteiger partial charge in [0.1, 0.15) is 12.1 Å². The first-order chi connectivity index (χ1) is 13.9. The Labute approximate surface area is 172 Å². The number of aromatic nitrogens is 3. The third-order valence-electron chi connectivity index (χ3n) is 3.99. The molecule has 0 fully saturated rings. The fraction of sp³-hybridized carbons (Fsp3) is 0.167. The third kappa shape index (κ3) is 5.56. The number of nitrogens with zero attached hydrogens (tertiary/aromatic N) is 3. The Morgan fingerprint density at radius 3 is 2.66 bits per heavy atom. The predicted octanol–water partition coefficient (Wildman–Crippen LogP) is 2.59. The number of methoxy groups -OCH3 is 1. The van der Waals surface area contributed by atoms with Gasteiger partial charge in [0.15, 0.2) is 5.16 Å². The van der Waals surface area contributed by atoms with Gasteiger partial charge in [0, 0.05) is 11.3 Å². The normalized spacial score (nSPS) is 12.0. The minimum Gasteiger partial charge on any atom is -0.496 e. The number of hydrazone groups is 1. The van der Waals surface area contributed by atoms with Crippen LogP contribution in [0.25, 0.3) is 0 Å². The monoisotopic (exact) mass is 432 g/mol. The van der Waals surface area contributed by atoms with E-state index in [0.717, 1.165) is 27.7 Å². The summed E-state index contributed by atoms with van der Waals surface area (Å²) in [5.41, 5.74) is 6.24. The zero-order valence-electron chi connectivity index (χ0n) is 15.8. The van der Waals surface area contributed by atoms with Crippen LogP contribution in [0, 0.1) is 0 Å². The van der Waals surface area contributed by atoms with Gasteiger partial charge >= 0.3 is 0 Å². The van der Waals surface area contributed by atoms with Gasteiger partial charge in [-0.15, -0.1) is 0 Å². The van der Waals surface area contributed by atoms with E-state index >= 15 is 0 Å². The molecule has 0 aliphatic carbocycles. The molecule has 4 N–H and O–H groups in total. The molecule has 11 heteroatoms. The number of H-pyrrole nitrogens is 1. The van der Waals surface area contributed by atoms with E-state index in [0.29, 0.717) is 11.4 Å². The molecule has 3 aromatic rings. The molecule has 0 atom stereocenters. The average molecular weight is 433 g/mol. The predicted molar refractivity (Wildman–Crippen MR) is 113 cm³/mol. The molecule has 0 bridgehead atoms. The lowest BCUT2D eigenvalue weighted by Gasteiger charge is -2.10. The second-order valence-corrected chi connectivity index (χ2v) is 8.51. The zero-order valence-corrected chi connectivity index (χ0v) is 17.4. The highest BCUT2D eigenvalue weighted by Gasteiger charge is 2.09. The molecule has 0 radical (unpaired) electrons.